The summed E-state index contributed by atoms with van der Waals surface area (Å²) in [4.78, 5) is 0. The minimum Gasteiger partial charge on any atom is -0.496 e. The van der Waals surface area contributed by atoms with Gasteiger partial charge >= 0.3 is 6.18 Å². The summed E-state index contributed by atoms with van der Waals surface area (Å²) in [6.07, 6.45) is -4.49. The average molecular weight is 456 g/mol. The van der Waals surface area contributed by atoms with Gasteiger partial charge in [-0.1, -0.05) is 23.2 Å². The first kappa shape index (κ1) is 22.1. The number of alkyl halides is 3. The van der Waals surface area contributed by atoms with E-state index in [0.29, 0.717) is 33.0 Å². The predicted molar refractivity (Wildman–Crippen MR) is 111 cm³/mol. The Morgan fingerprint density at radius 3 is 2.03 bits per heavy atom. The Balaban J connectivity index is 2.19. The van der Waals surface area contributed by atoms with Crippen LogP contribution in [0.25, 0.3) is 22.3 Å². The van der Waals surface area contributed by atoms with Gasteiger partial charge in [0.05, 0.1) is 31.9 Å². The van der Waals surface area contributed by atoms with Crippen molar-refractivity contribution in [1.29, 1.82) is 0 Å². The lowest BCUT2D eigenvalue weighted by Gasteiger charge is -2.18. The van der Waals surface area contributed by atoms with Crippen LogP contribution in [0.5, 0.6) is 17.2 Å². The summed E-state index contributed by atoms with van der Waals surface area (Å²) in [6.45, 7) is 0. The molecular weight excluding hydrogens is 440 g/mol. The molecule has 0 saturated heterocycles. The molecule has 0 heterocycles. The van der Waals surface area contributed by atoms with Gasteiger partial charge in [-0.3, -0.25) is 0 Å². The molecule has 0 N–H and O–H groups in total. The van der Waals surface area contributed by atoms with Gasteiger partial charge in [0.25, 0.3) is 0 Å². The molecule has 3 aromatic rings. The summed E-state index contributed by atoms with van der Waals surface area (Å²) >= 11 is 12.6. The van der Waals surface area contributed by atoms with Gasteiger partial charge in [0, 0.05) is 27.3 Å². The zero-order valence-electron chi connectivity index (χ0n) is 16.2. The molecule has 3 aromatic carbocycles. The van der Waals surface area contributed by atoms with Crippen molar-refractivity contribution in [3.63, 3.8) is 0 Å². The SMILES string of the molecule is COc1cc(Cl)ccc1-c1[c]cc(-c2ccc(C(F)(F)F)cc2OC)c(Cl)c1OC. The molecular formula is C22H16Cl2F3O3. The number of methoxy groups -OCH3 is 3. The summed E-state index contributed by atoms with van der Waals surface area (Å²) in [5, 5.41) is 0.688. The van der Waals surface area contributed by atoms with Crippen LogP contribution in [0.4, 0.5) is 13.2 Å². The third-order valence-electron chi connectivity index (χ3n) is 4.48. The molecule has 0 aliphatic carbocycles. The van der Waals surface area contributed by atoms with Gasteiger partial charge < -0.3 is 14.2 Å². The molecule has 0 atom stereocenters. The predicted octanol–water partition coefficient (Wildman–Crippen LogP) is 7.17. The van der Waals surface area contributed by atoms with Gasteiger partial charge in [-0.05, 0) is 48.5 Å². The van der Waals surface area contributed by atoms with Crippen molar-refractivity contribution >= 4 is 23.2 Å². The van der Waals surface area contributed by atoms with Crippen LogP contribution < -0.4 is 14.2 Å². The maximum atomic E-state index is 13.0. The number of hydrogen-bond acceptors (Lipinski definition) is 3. The van der Waals surface area contributed by atoms with E-state index in [1.165, 1.54) is 27.4 Å². The molecule has 0 unspecified atom stereocenters. The number of ether oxygens (including phenoxy) is 3. The molecule has 3 nitrogen and oxygen atoms in total. The van der Waals surface area contributed by atoms with Crippen molar-refractivity contribution in [2.24, 2.45) is 0 Å². The molecule has 0 amide bonds. The maximum absolute atomic E-state index is 13.0. The van der Waals surface area contributed by atoms with Crippen LogP contribution in [0.2, 0.25) is 10.0 Å². The van der Waals surface area contributed by atoms with Gasteiger partial charge in [-0.15, -0.1) is 0 Å². The fourth-order valence-electron chi connectivity index (χ4n) is 3.05. The number of rotatable bonds is 5. The van der Waals surface area contributed by atoms with Gasteiger partial charge in [-0.2, -0.15) is 13.2 Å². The highest BCUT2D eigenvalue weighted by atomic mass is 35.5. The van der Waals surface area contributed by atoms with E-state index in [1.807, 2.05) is 0 Å². The third-order valence-corrected chi connectivity index (χ3v) is 5.09. The largest absolute Gasteiger partial charge is 0.496 e. The Morgan fingerprint density at radius 1 is 0.800 bits per heavy atom. The molecule has 8 heteroatoms. The van der Waals surface area contributed by atoms with E-state index in [4.69, 9.17) is 37.4 Å². The monoisotopic (exact) mass is 455 g/mol. The minimum absolute atomic E-state index is 0.0269. The molecule has 0 aliphatic heterocycles. The van der Waals surface area contributed by atoms with Crippen LogP contribution in [-0.2, 0) is 6.18 Å². The molecule has 0 fully saturated rings. The Bertz CT molecular complexity index is 1080. The van der Waals surface area contributed by atoms with Crippen molar-refractivity contribution in [1.82, 2.24) is 0 Å². The van der Waals surface area contributed by atoms with E-state index in [-0.39, 0.29) is 16.5 Å². The van der Waals surface area contributed by atoms with Gasteiger partial charge in [-0.25, -0.2) is 0 Å². The second-order valence-electron chi connectivity index (χ2n) is 6.18. The molecule has 0 spiro atoms. The second kappa shape index (κ2) is 8.66. The summed E-state index contributed by atoms with van der Waals surface area (Å²) in [7, 11) is 4.24. The Kier molecular flexibility index (Phi) is 6.38. The smallest absolute Gasteiger partial charge is 0.416 e. The van der Waals surface area contributed by atoms with Crippen LogP contribution in [0.1, 0.15) is 5.56 Å². The quantitative estimate of drug-likeness (QED) is 0.407. The first-order valence-corrected chi connectivity index (χ1v) is 9.34. The first-order chi connectivity index (χ1) is 14.2. The summed E-state index contributed by atoms with van der Waals surface area (Å²) in [5.41, 5.74) is 1.13. The standard InChI is InChI=1S/C22H16Cl2F3O3/c1-28-18-10-12(22(25,26)27)4-6-14(18)16-8-9-17(21(30-3)20(16)24)15-7-5-13(23)11-19(15)29-2/h4-8,10-11H,1-3H3. The number of benzene rings is 3. The molecule has 0 bridgehead atoms. The molecule has 3 rings (SSSR count). The van der Waals surface area contributed by atoms with Crippen LogP contribution in [-0.4, -0.2) is 21.3 Å². The zero-order valence-corrected chi connectivity index (χ0v) is 17.7. The molecule has 30 heavy (non-hydrogen) atoms. The van der Waals surface area contributed by atoms with E-state index in [0.717, 1.165) is 12.1 Å². The highest BCUT2D eigenvalue weighted by Gasteiger charge is 2.31. The van der Waals surface area contributed by atoms with Crippen LogP contribution >= 0.6 is 23.2 Å². The summed E-state index contributed by atoms with van der Waals surface area (Å²) in [6, 6.07) is 12.9. The number of hydrogen-bond donors (Lipinski definition) is 0. The van der Waals surface area contributed by atoms with E-state index >= 15 is 0 Å². The van der Waals surface area contributed by atoms with E-state index < -0.39 is 11.7 Å². The third kappa shape index (κ3) is 4.16. The Hall–Kier alpha value is -2.57. The van der Waals surface area contributed by atoms with Crippen molar-refractivity contribution in [2.45, 2.75) is 6.18 Å². The zero-order chi connectivity index (χ0) is 22.1. The topological polar surface area (TPSA) is 27.7 Å². The first-order valence-electron chi connectivity index (χ1n) is 8.59. The summed E-state index contributed by atoms with van der Waals surface area (Å²) in [5.74, 6) is 0.809. The van der Waals surface area contributed by atoms with Crippen molar-refractivity contribution in [2.75, 3.05) is 21.3 Å². The Morgan fingerprint density at radius 2 is 1.43 bits per heavy atom. The van der Waals surface area contributed by atoms with Crippen molar-refractivity contribution < 1.29 is 27.4 Å². The van der Waals surface area contributed by atoms with Gasteiger partial charge in [0.15, 0.2) is 0 Å². The fourth-order valence-corrected chi connectivity index (χ4v) is 3.54. The average Bonchev–Trinajstić information content (AvgIpc) is 2.72. The highest BCUT2D eigenvalue weighted by molar-refractivity contribution is 6.35. The van der Waals surface area contributed by atoms with E-state index in [2.05, 4.69) is 6.07 Å². The van der Waals surface area contributed by atoms with Crippen molar-refractivity contribution in [3.8, 4) is 39.5 Å². The van der Waals surface area contributed by atoms with Crippen LogP contribution in [0.15, 0.2) is 42.5 Å². The molecule has 157 valence electrons. The second-order valence-corrected chi connectivity index (χ2v) is 7.00. The molecule has 0 aromatic heterocycles. The van der Waals surface area contributed by atoms with E-state index in [1.54, 1.807) is 24.3 Å². The lowest BCUT2D eigenvalue weighted by atomic mass is 9.97. The van der Waals surface area contributed by atoms with Crippen LogP contribution in [0.3, 0.4) is 0 Å². The maximum Gasteiger partial charge on any atom is 0.416 e. The van der Waals surface area contributed by atoms with E-state index in [9.17, 15) is 13.2 Å². The normalized spacial score (nSPS) is 11.3. The van der Waals surface area contributed by atoms with Crippen molar-refractivity contribution in [3.05, 3.63) is 64.1 Å². The minimum atomic E-state index is -4.49. The fraction of sp³-hybridized carbons (Fsp3) is 0.182. The summed E-state index contributed by atoms with van der Waals surface area (Å²) < 4.78 is 55.2. The highest BCUT2D eigenvalue weighted by Crippen LogP contribution is 2.47. The van der Waals surface area contributed by atoms with Crippen LogP contribution in [0, 0.1) is 6.07 Å². The molecule has 1 radical (unpaired) electrons. The molecule has 0 saturated carbocycles. The lowest BCUT2D eigenvalue weighted by Crippen LogP contribution is -2.05. The van der Waals surface area contributed by atoms with Gasteiger partial charge in [0.1, 0.15) is 17.2 Å². The number of halogens is 5. The Labute approximate surface area is 181 Å². The molecule has 0 aliphatic rings. The van der Waals surface area contributed by atoms with Gasteiger partial charge in [0.2, 0.25) is 0 Å². The lowest BCUT2D eigenvalue weighted by molar-refractivity contribution is -0.137.